The van der Waals surface area contributed by atoms with Crippen LogP contribution in [-0.4, -0.2) is 18.1 Å². The average molecular weight is 305 g/mol. The van der Waals surface area contributed by atoms with Crippen LogP contribution in [-0.2, 0) is 6.54 Å². The van der Waals surface area contributed by atoms with Gasteiger partial charge >= 0.3 is 5.97 Å². The summed E-state index contributed by atoms with van der Waals surface area (Å²) in [6.45, 7) is 2.58. The Hall–Kier alpha value is -2.20. The van der Waals surface area contributed by atoms with Crippen molar-refractivity contribution in [3.63, 3.8) is 0 Å². The number of hydrogen-bond donors (Lipinski definition) is 2. The second-order valence-electron chi connectivity index (χ2n) is 5.05. The van der Waals surface area contributed by atoms with Crippen molar-refractivity contribution >= 4 is 28.9 Å². The first-order chi connectivity index (χ1) is 9.88. The third-order valence-corrected chi connectivity index (χ3v) is 3.49. The average Bonchev–Trinajstić information content (AvgIpc) is 2.37. The third kappa shape index (κ3) is 3.47. The maximum Gasteiger partial charge on any atom is 0.337 e. The van der Waals surface area contributed by atoms with Gasteiger partial charge in [-0.15, -0.1) is 0 Å². The fraction of sp³-hybridized carbons (Fsp3) is 0.188. The van der Waals surface area contributed by atoms with Crippen LogP contribution in [0.3, 0.4) is 0 Å². The molecule has 0 saturated carbocycles. The van der Waals surface area contributed by atoms with Crippen LogP contribution in [0.1, 0.15) is 21.5 Å². The summed E-state index contributed by atoms with van der Waals surface area (Å²) < 4.78 is 0. The molecule has 3 N–H and O–H groups in total. The van der Waals surface area contributed by atoms with E-state index in [0.29, 0.717) is 22.9 Å². The number of halogens is 1. The van der Waals surface area contributed by atoms with Gasteiger partial charge in [-0.3, -0.25) is 0 Å². The molecule has 110 valence electrons. The number of rotatable bonds is 4. The summed E-state index contributed by atoms with van der Waals surface area (Å²) in [5.41, 5.74) is 8.83. The molecule has 5 heteroatoms. The predicted molar refractivity (Wildman–Crippen MR) is 86.1 cm³/mol. The Morgan fingerprint density at radius 3 is 2.67 bits per heavy atom. The normalized spacial score (nSPS) is 10.4. The highest BCUT2D eigenvalue weighted by atomic mass is 35.5. The molecule has 0 atom stereocenters. The summed E-state index contributed by atoms with van der Waals surface area (Å²) in [4.78, 5) is 13.2. The van der Waals surface area contributed by atoms with E-state index >= 15 is 0 Å². The molecule has 2 aromatic rings. The van der Waals surface area contributed by atoms with Crippen LogP contribution in [0, 0.1) is 6.92 Å². The second-order valence-corrected chi connectivity index (χ2v) is 5.46. The molecule has 0 heterocycles. The van der Waals surface area contributed by atoms with Gasteiger partial charge in [0.1, 0.15) is 0 Å². The van der Waals surface area contributed by atoms with Gasteiger partial charge in [-0.2, -0.15) is 0 Å². The highest BCUT2D eigenvalue weighted by molar-refractivity contribution is 6.34. The van der Waals surface area contributed by atoms with Crippen molar-refractivity contribution in [1.29, 1.82) is 0 Å². The lowest BCUT2D eigenvalue weighted by molar-refractivity contribution is 0.0697. The van der Waals surface area contributed by atoms with Crippen molar-refractivity contribution in [3.05, 3.63) is 58.1 Å². The zero-order valence-electron chi connectivity index (χ0n) is 11.9. The van der Waals surface area contributed by atoms with Gasteiger partial charge in [0.2, 0.25) is 0 Å². The lowest BCUT2D eigenvalue weighted by Gasteiger charge is -2.23. The van der Waals surface area contributed by atoms with E-state index in [-0.39, 0.29) is 5.56 Å². The summed E-state index contributed by atoms with van der Waals surface area (Å²) in [5.74, 6) is -1.05. The van der Waals surface area contributed by atoms with Crippen molar-refractivity contribution in [3.8, 4) is 0 Å². The molecule has 2 aromatic carbocycles. The largest absolute Gasteiger partial charge is 0.478 e. The van der Waals surface area contributed by atoms with Gasteiger partial charge in [0.25, 0.3) is 0 Å². The summed E-state index contributed by atoms with van der Waals surface area (Å²) in [5, 5.41) is 9.67. The Balaban J connectivity index is 2.39. The first-order valence-corrected chi connectivity index (χ1v) is 6.85. The molecule has 0 unspecified atom stereocenters. The van der Waals surface area contributed by atoms with Crippen LogP contribution >= 0.6 is 11.6 Å². The van der Waals surface area contributed by atoms with Crippen molar-refractivity contribution < 1.29 is 9.90 Å². The van der Waals surface area contributed by atoms with E-state index < -0.39 is 5.97 Å². The Morgan fingerprint density at radius 2 is 2.05 bits per heavy atom. The lowest BCUT2D eigenvalue weighted by atomic mass is 10.1. The molecule has 21 heavy (non-hydrogen) atoms. The van der Waals surface area contributed by atoms with E-state index in [1.165, 1.54) is 6.07 Å². The molecule has 0 radical (unpaired) electrons. The zero-order valence-corrected chi connectivity index (χ0v) is 12.7. The molecule has 0 aliphatic heterocycles. The fourth-order valence-electron chi connectivity index (χ4n) is 2.33. The van der Waals surface area contributed by atoms with E-state index in [9.17, 15) is 9.90 Å². The van der Waals surface area contributed by atoms with Crippen LogP contribution < -0.4 is 10.6 Å². The summed E-state index contributed by atoms with van der Waals surface area (Å²) in [6, 6.07) is 11.0. The standard InChI is InChI=1S/C16H17ClN2O2/c1-10-4-3-5-11(6-10)9-19(2)15-13(16(20)21)7-12(18)8-14(15)17/h3-8H,9,18H2,1-2H3,(H,20,21). The molecule has 0 saturated heterocycles. The highest BCUT2D eigenvalue weighted by Crippen LogP contribution is 2.32. The van der Waals surface area contributed by atoms with Gasteiger partial charge in [-0.25, -0.2) is 4.79 Å². The Labute approximate surface area is 128 Å². The molecule has 0 aromatic heterocycles. The Bertz CT molecular complexity index is 686. The minimum Gasteiger partial charge on any atom is -0.478 e. The van der Waals surface area contributed by atoms with Gasteiger partial charge in [0.05, 0.1) is 16.3 Å². The number of aryl methyl sites for hydroxylation is 1. The minimum atomic E-state index is -1.05. The van der Waals surface area contributed by atoms with Crippen molar-refractivity contribution in [2.45, 2.75) is 13.5 Å². The number of carbonyl (C=O) groups is 1. The SMILES string of the molecule is Cc1cccc(CN(C)c2c(Cl)cc(N)cc2C(=O)O)c1. The van der Waals surface area contributed by atoms with Gasteiger partial charge in [-0.05, 0) is 24.6 Å². The molecule has 4 nitrogen and oxygen atoms in total. The summed E-state index contributed by atoms with van der Waals surface area (Å²) in [6.07, 6.45) is 0. The van der Waals surface area contributed by atoms with E-state index in [1.807, 2.05) is 37.1 Å². The van der Waals surface area contributed by atoms with Gasteiger partial charge < -0.3 is 15.7 Å². The number of benzene rings is 2. The van der Waals surface area contributed by atoms with Crippen molar-refractivity contribution in [2.75, 3.05) is 17.7 Å². The molecule has 0 amide bonds. The molecule has 0 aliphatic carbocycles. The number of aromatic carboxylic acids is 1. The second kappa shape index (κ2) is 6.06. The number of nitrogen functional groups attached to an aromatic ring is 1. The van der Waals surface area contributed by atoms with Crippen LogP contribution in [0.15, 0.2) is 36.4 Å². The van der Waals surface area contributed by atoms with Crippen LogP contribution in [0.25, 0.3) is 0 Å². The van der Waals surface area contributed by atoms with Crippen molar-refractivity contribution in [2.24, 2.45) is 0 Å². The topological polar surface area (TPSA) is 66.6 Å². The molecule has 0 aliphatic rings. The molecule has 0 spiro atoms. The van der Waals surface area contributed by atoms with E-state index in [4.69, 9.17) is 17.3 Å². The van der Waals surface area contributed by atoms with E-state index in [0.717, 1.165) is 11.1 Å². The van der Waals surface area contributed by atoms with Crippen LogP contribution in [0.4, 0.5) is 11.4 Å². The van der Waals surface area contributed by atoms with Crippen LogP contribution in [0.5, 0.6) is 0 Å². The van der Waals surface area contributed by atoms with E-state index in [1.54, 1.807) is 6.07 Å². The number of nitrogens with zero attached hydrogens (tertiary/aromatic N) is 1. The number of carboxylic acid groups (broad SMARTS) is 1. The predicted octanol–water partition coefficient (Wildman–Crippen LogP) is 3.57. The Morgan fingerprint density at radius 1 is 1.33 bits per heavy atom. The number of carboxylic acids is 1. The maximum atomic E-state index is 11.4. The van der Waals surface area contributed by atoms with E-state index in [2.05, 4.69) is 6.07 Å². The minimum absolute atomic E-state index is 0.107. The van der Waals surface area contributed by atoms with Crippen LogP contribution in [0.2, 0.25) is 5.02 Å². The van der Waals surface area contributed by atoms with Gasteiger partial charge in [0.15, 0.2) is 0 Å². The summed E-state index contributed by atoms with van der Waals surface area (Å²) in [7, 11) is 1.81. The number of hydrogen-bond acceptors (Lipinski definition) is 3. The third-order valence-electron chi connectivity index (χ3n) is 3.20. The quantitative estimate of drug-likeness (QED) is 0.848. The smallest absolute Gasteiger partial charge is 0.337 e. The number of nitrogens with two attached hydrogens (primary N) is 1. The molecule has 2 rings (SSSR count). The molecular weight excluding hydrogens is 288 g/mol. The maximum absolute atomic E-state index is 11.4. The highest BCUT2D eigenvalue weighted by Gasteiger charge is 2.18. The van der Waals surface area contributed by atoms with Crippen molar-refractivity contribution in [1.82, 2.24) is 0 Å². The zero-order chi connectivity index (χ0) is 15.6. The monoisotopic (exact) mass is 304 g/mol. The molecular formula is C16H17ClN2O2. The molecule has 0 fully saturated rings. The Kier molecular flexibility index (Phi) is 4.38. The first kappa shape index (κ1) is 15.2. The number of anilines is 2. The fourth-order valence-corrected chi connectivity index (χ4v) is 2.71. The van der Waals surface area contributed by atoms with Gasteiger partial charge in [-0.1, -0.05) is 41.4 Å². The first-order valence-electron chi connectivity index (χ1n) is 6.47. The van der Waals surface area contributed by atoms with Gasteiger partial charge in [0, 0.05) is 19.3 Å². The lowest BCUT2D eigenvalue weighted by Crippen LogP contribution is -2.20. The summed E-state index contributed by atoms with van der Waals surface area (Å²) >= 11 is 6.19. The molecule has 0 bridgehead atoms.